The molecule has 4 aromatic rings. The first-order chi connectivity index (χ1) is 24.0. The number of thiazole rings is 2. The average molecular weight is 719 g/mol. The highest BCUT2D eigenvalue weighted by Gasteiger charge is 2.31. The van der Waals surface area contributed by atoms with Crippen LogP contribution >= 0.6 is 22.7 Å². The summed E-state index contributed by atoms with van der Waals surface area (Å²) in [5, 5.41) is 23.2. The lowest BCUT2D eigenvalue weighted by Gasteiger charge is -2.30. The van der Waals surface area contributed by atoms with Gasteiger partial charge in [0.1, 0.15) is 17.7 Å². The van der Waals surface area contributed by atoms with Crippen molar-refractivity contribution in [1.82, 2.24) is 30.8 Å². The van der Waals surface area contributed by atoms with Crippen molar-refractivity contribution >= 4 is 46.3 Å². The van der Waals surface area contributed by atoms with E-state index in [2.05, 4.69) is 32.5 Å². The Morgan fingerprint density at radius 1 is 0.960 bits per heavy atom. The average Bonchev–Trinajstić information content (AvgIpc) is 3.79. The van der Waals surface area contributed by atoms with Crippen LogP contribution < -0.4 is 16.0 Å². The van der Waals surface area contributed by atoms with Gasteiger partial charge in [0, 0.05) is 24.7 Å². The van der Waals surface area contributed by atoms with Crippen LogP contribution in [0, 0.1) is 5.92 Å². The number of benzene rings is 2. The molecule has 0 saturated heterocycles. The zero-order valence-electron chi connectivity index (χ0n) is 28.9. The third-order valence-corrected chi connectivity index (χ3v) is 9.79. The van der Waals surface area contributed by atoms with E-state index < -0.39 is 36.4 Å². The fourth-order valence-electron chi connectivity index (χ4n) is 5.30. The Morgan fingerprint density at radius 2 is 1.62 bits per heavy atom. The highest BCUT2D eigenvalue weighted by atomic mass is 32.1. The molecule has 2 aromatic heterocycles. The number of amides is 4. The molecule has 4 N–H and O–H groups in total. The first-order valence-corrected chi connectivity index (χ1v) is 18.2. The van der Waals surface area contributed by atoms with Gasteiger partial charge in [-0.05, 0) is 48.8 Å². The fraction of sp³-hybridized carbons (Fsp3) is 0.378. The van der Waals surface area contributed by atoms with Gasteiger partial charge in [-0.3, -0.25) is 9.78 Å². The summed E-state index contributed by atoms with van der Waals surface area (Å²) in [7, 11) is 1.65. The van der Waals surface area contributed by atoms with Gasteiger partial charge in [0.15, 0.2) is 0 Å². The van der Waals surface area contributed by atoms with Gasteiger partial charge in [0.2, 0.25) is 5.91 Å². The van der Waals surface area contributed by atoms with Crippen molar-refractivity contribution in [2.45, 2.75) is 77.4 Å². The van der Waals surface area contributed by atoms with Crippen LogP contribution in [0.2, 0.25) is 0 Å². The second-order valence-electron chi connectivity index (χ2n) is 12.6. The van der Waals surface area contributed by atoms with Crippen LogP contribution in [0.1, 0.15) is 53.9 Å². The normalized spacial score (nSPS) is 13.5. The number of aromatic nitrogens is 2. The summed E-state index contributed by atoms with van der Waals surface area (Å²) >= 11 is 2.85. The monoisotopic (exact) mass is 718 g/mol. The van der Waals surface area contributed by atoms with Crippen molar-refractivity contribution in [3.8, 4) is 0 Å². The third kappa shape index (κ3) is 12.1. The minimum absolute atomic E-state index is 0.0636. The molecule has 0 bridgehead atoms. The molecule has 0 radical (unpaired) electrons. The molecule has 2 aromatic carbocycles. The van der Waals surface area contributed by atoms with Crippen molar-refractivity contribution in [2.75, 3.05) is 7.05 Å². The van der Waals surface area contributed by atoms with Crippen molar-refractivity contribution in [3.05, 3.63) is 111 Å². The lowest BCUT2D eigenvalue weighted by atomic mass is 9.93. The molecule has 0 aliphatic carbocycles. The molecule has 0 spiro atoms. The maximum absolute atomic E-state index is 13.9. The van der Waals surface area contributed by atoms with Crippen molar-refractivity contribution in [2.24, 2.45) is 5.92 Å². The van der Waals surface area contributed by atoms with Gasteiger partial charge in [-0.25, -0.2) is 14.6 Å². The summed E-state index contributed by atoms with van der Waals surface area (Å²) < 4.78 is 5.42. The molecular formula is C37H46N6O5S2. The number of carbonyl (C=O) groups excluding carboxylic acids is 3. The molecule has 2 heterocycles. The zero-order valence-corrected chi connectivity index (χ0v) is 30.5. The van der Waals surface area contributed by atoms with Gasteiger partial charge >= 0.3 is 12.1 Å². The summed E-state index contributed by atoms with van der Waals surface area (Å²) in [5.41, 5.74) is 5.13. The Hall–Kier alpha value is -4.59. The van der Waals surface area contributed by atoms with Gasteiger partial charge in [-0.1, -0.05) is 81.1 Å². The molecular weight excluding hydrogens is 673 g/mol. The number of nitrogens with one attached hydrogen (secondary N) is 3. The number of alkyl carbamates (subject to hydrolysis) is 1. The number of carbonyl (C=O) groups is 3. The zero-order chi connectivity index (χ0) is 36.0. The van der Waals surface area contributed by atoms with Crippen LogP contribution in [-0.2, 0) is 35.5 Å². The van der Waals surface area contributed by atoms with E-state index >= 15 is 0 Å². The largest absolute Gasteiger partial charge is 0.444 e. The van der Waals surface area contributed by atoms with E-state index in [1.165, 1.54) is 27.6 Å². The number of hydrogen-bond donors (Lipinski definition) is 4. The van der Waals surface area contributed by atoms with Crippen molar-refractivity contribution in [1.29, 1.82) is 0 Å². The first kappa shape index (κ1) is 38.2. The van der Waals surface area contributed by atoms with Crippen LogP contribution in [0.15, 0.2) is 84.3 Å². The van der Waals surface area contributed by atoms with E-state index in [1.807, 2.05) is 86.8 Å². The summed E-state index contributed by atoms with van der Waals surface area (Å²) in [5.74, 6) is -0.602. The summed E-state index contributed by atoms with van der Waals surface area (Å²) in [6.07, 6.45) is 0.804. The lowest BCUT2D eigenvalue weighted by molar-refractivity contribution is -0.124. The van der Waals surface area contributed by atoms with Gasteiger partial charge in [0.05, 0.1) is 34.8 Å². The number of urea groups is 1. The molecule has 13 heteroatoms. The highest BCUT2D eigenvalue weighted by molar-refractivity contribution is 7.10. The van der Waals surface area contributed by atoms with Gasteiger partial charge in [0.25, 0.3) is 0 Å². The Kier molecular flexibility index (Phi) is 14.5. The van der Waals surface area contributed by atoms with E-state index in [-0.39, 0.29) is 31.4 Å². The van der Waals surface area contributed by atoms with Crippen LogP contribution in [0.4, 0.5) is 9.59 Å². The number of nitrogens with zero attached hydrogens (tertiary/aromatic N) is 3. The summed E-state index contributed by atoms with van der Waals surface area (Å²) in [4.78, 5) is 50.8. The molecule has 0 fully saturated rings. The Bertz CT molecular complexity index is 1670. The molecule has 4 rings (SSSR count). The van der Waals surface area contributed by atoms with Crippen LogP contribution in [0.3, 0.4) is 0 Å². The smallest absolute Gasteiger partial charge is 0.407 e. The van der Waals surface area contributed by atoms with Gasteiger partial charge < -0.3 is 30.7 Å². The minimum Gasteiger partial charge on any atom is -0.444 e. The number of ether oxygens (including phenoxy) is 1. The number of rotatable bonds is 17. The first-order valence-electron chi connectivity index (χ1n) is 16.5. The number of aliphatic hydroxyl groups is 1. The SMILES string of the molecule is C=C(C)c1nc(CN(C)C(=O)NC(C(=O)NC(Cc2ccccc2)CC(O)C(Cc2ccccc2)NC(=O)OCc2cncs2)C(C)C)cs1. The Balaban J connectivity index is 1.47. The number of aliphatic hydroxyl groups excluding tert-OH is 1. The van der Waals surface area contributed by atoms with Crippen LogP contribution in [0.5, 0.6) is 0 Å². The molecule has 266 valence electrons. The number of allylic oxidation sites excluding steroid dienone is 1. The van der Waals surface area contributed by atoms with E-state index in [4.69, 9.17) is 4.74 Å². The van der Waals surface area contributed by atoms with E-state index in [0.717, 1.165) is 32.3 Å². The predicted octanol–water partition coefficient (Wildman–Crippen LogP) is 5.81. The third-order valence-electron chi connectivity index (χ3n) is 7.98. The second-order valence-corrected chi connectivity index (χ2v) is 14.5. The molecule has 11 nitrogen and oxygen atoms in total. The standard InChI is InChI=1S/C37H46N6O5S2/c1-24(2)33(42-36(46)43(5)20-29-22-49-35(40-29)25(3)4)34(45)39-28(16-26-12-8-6-9-13-26)18-32(44)31(17-27-14-10-7-11-15-27)41-37(47)48-21-30-19-38-23-50-30/h6-15,19,22-24,28,31-33,44H,3,16-18,20-21H2,1-2,4-5H3,(H,39,45)(H,41,47)(H,42,46). The molecule has 4 unspecified atom stereocenters. The molecule has 0 aliphatic heterocycles. The molecule has 4 amide bonds. The summed E-state index contributed by atoms with van der Waals surface area (Å²) in [6, 6.07) is 16.7. The van der Waals surface area contributed by atoms with E-state index in [0.29, 0.717) is 12.8 Å². The van der Waals surface area contributed by atoms with E-state index in [1.54, 1.807) is 18.8 Å². The lowest BCUT2D eigenvalue weighted by Crippen LogP contribution is -2.55. The highest BCUT2D eigenvalue weighted by Crippen LogP contribution is 2.19. The van der Waals surface area contributed by atoms with Gasteiger partial charge in [-0.15, -0.1) is 22.7 Å². The van der Waals surface area contributed by atoms with Crippen molar-refractivity contribution in [3.63, 3.8) is 0 Å². The van der Waals surface area contributed by atoms with E-state index in [9.17, 15) is 19.5 Å². The molecule has 4 atom stereocenters. The quantitative estimate of drug-likeness (QED) is 0.108. The maximum Gasteiger partial charge on any atom is 0.407 e. The van der Waals surface area contributed by atoms with Crippen LogP contribution in [0.25, 0.3) is 5.57 Å². The molecule has 0 saturated carbocycles. The topological polar surface area (TPSA) is 146 Å². The Labute approximate surface area is 301 Å². The Morgan fingerprint density at radius 3 is 2.20 bits per heavy atom. The summed E-state index contributed by atoms with van der Waals surface area (Å²) in [6.45, 7) is 9.87. The molecule has 50 heavy (non-hydrogen) atoms. The maximum atomic E-state index is 13.9. The molecule has 0 aliphatic rings. The van der Waals surface area contributed by atoms with Crippen molar-refractivity contribution < 1.29 is 24.2 Å². The predicted molar refractivity (Wildman–Crippen MR) is 198 cm³/mol. The van der Waals surface area contributed by atoms with Gasteiger partial charge in [-0.2, -0.15) is 0 Å². The minimum atomic E-state index is -1.05. The number of hydrogen-bond acceptors (Lipinski definition) is 9. The van der Waals surface area contributed by atoms with Crippen LogP contribution in [-0.4, -0.2) is 69.3 Å². The second kappa shape index (κ2) is 19.0. The fourth-order valence-corrected chi connectivity index (χ4v) is 6.55.